The van der Waals surface area contributed by atoms with Gasteiger partial charge in [0.2, 0.25) is 5.91 Å². The number of hydrogen-bond donors (Lipinski definition) is 1. The molecule has 0 unspecified atom stereocenters. The first kappa shape index (κ1) is 32.4. The van der Waals surface area contributed by atoms with Gasteiger partial charge < -0.3 is 24.4 Å². The zero-order chi connectivity index (χ0) is 26.4. The Morgan fingerprint density at radius 1 is 0.806 bits per heavy atom. The molecular weight excluding hydrogens is 460 g/mol. The fraction of sp³-hybridized carbons (Fsp3) is 0.893. The molecule has 1 aliphatic heterocycles. The maximum Gasteiger partial charge on any atom is 0.306 e. The van der Waals surface area contributed by atoms with E-state index in [1.807, 2.05) is 7.05 Å². The quantitative estimate of drug-likeness (QED) is 0.179. The molecule has 0 aromatic carbocycles. The van der Waals surface area contributed by atoms with Crippen LogP contribution in [0.15, 0.2) is 0 Å². The lowest BCUT2D eigenvalue weighted by Crippen LogP contribution is -2.37. The van der Waals surface area contributed by atoms with Crippen LogP contribution in [0.5, 0.6) is 0 Å². The Kier molecular flexibility index (Phi) is 19.3. The normalized spacial score (nSPS) is 14.5. The molecule has 1 fully saturated rings. The molecule has 1 saturated heterocycles. The van der Waals surface area contributed by atoms with E-state index >= 15 is 0 Å². The van der Waals surface area contributed by atoms with Gasteiger partial charge in [-0.25, -0.2) is 0 Å². The minimum absolute atomic E-state index is 0.0196. The molecule has 1 N–H and O–H groups in total. The number of aliphatic hydroxyl groups excluding tert-OH is 1. The summed E-state index contributed by atoms with van der Waals surface area (Å²) in [4.78, 5) is 40.2. The number of amides is 1. The van der Waals surface area contributed by atoms with Crippen molar-refractivity contribution in [2.45, 2.75) is 116 Å². The first-order valence-corrected chi connectivity index (χ1v) is 14.4. The molecule has 1 heterocycles. The van der Waals surface area contributed by atoms with Crippen molar-refractivity contribution >= 4 is 17.8 Å². The van der Waals surface area contributed by atoms with Gasteiger partial charge in [-0.1, -0.05) is 71.1 Å². The van der Waals surface area contributed by atoms with Crippen molar-refractivity contribution in [3.63, 3.8) is 0 Å². The van der Waals surface area contributed by atoms with Gasteiger partial charge in [0, 0.05) is 32.5 Å². The van der Waals surface area contributed by atoms with E-state index in [1.54, 1.807) is 0 Å². The number of likely N-dealkylation sites (tertiary alicyclic amines) is 1. The van der Waals surface area contributed by atoms with Crippen LogP contribution in [0.2, 0.25) is 0 Å². The van der Waals surface area contributed by atoms with Gasteiger partial charge in [-0.05, 0) is 26.3 Å². The number of piperidine rings is 1. The summed E-state index contributed by atoms with van der Waals surface area (Å²) in [5, 5.41) is 9.28. The Balaban J connectivity index is 2.08. The van der Waals surface area contributed by atoms with Crippen LogP contribution in [-0.2, 0) is 23.9 Å². The second-order valence-corrected chi connectivity index (χ2v) is 10.1. The molecule has 1 aliphatic rings. The Bertz CT molecular complexity index is 593. The molecule has 8 heteroatoms. The summed E-state index contributed by atoms with van der Waals surface area (Å²) in [7, 11) is 2.04. The first-order chi connectivity index (χ1) is 17.5. The molecule has 0 saturated carbocycles. The van der Waals surface area contributed by atoms with E-state index in [1.165, 1.54) is 56.3 Å². The number of unbranched alkanes of at least 4 members (excludes halogenated alkanes) is 10. The van der Waals surface area contributed by atoms with E-state index in [4.69, 9.17) is 9.47 Å². The summed E-state index contributed by atoms with van der Waals surface area (Å²) >= 11 is 0. The summed E-state index contributed by atoms with van der Waals surface area (Å²) < 4.78 is 10.8. The Hall–Kier alpha value is -1.67. The van der Waals surface area contributed by atoms with Crippen molar-refractivity contribution in [3.05, 3.63) is 0 Å². The van der Waals surface area contributed by atoms with Crippen molar-refractivity contribution in [3.8, 4) is 0 Å². The number of esters is 2. The van der Waals surface area contributed by atoms with E-state index in [0.717, 1.165) is 45.2 Å². The molecule has 8 nitrogen and oxygen atoms in total. The SMILES string of the molecule is CCCCCCCCCCCCCC(=O)OCCN(CCO)C(=O)CCC(=O)OC1CCN(C)CC1. The summed E-state index contributed by atoms with van der Waals surface area (Å²) in [6.07, 6.45) is 15.5. The largest absolute Gasteiger partial charge is 0.464 e. The number of rotatable bonds is 21. The molecule has 1 amide bonds. The number of nitrogens with zero attached hydrogens (tertiary/aromatic N) is 2. The van der Waals surface area contributed by atoms with Gasteiger partial charge in [-0.3, -0.25) is 14.4 Å². The van der Waals surface area contributed by atoms with Crippen LogP contribution in [0.4, 0.5) is 0 Å². The second-order valence-electron chi connectivity index (χ2n) is 10.1. The summed E-state index contributed by atoms with van der Waals surface area (Å²) in [5.74, 6) is -0.852. The van der Waals surface area contributed by atoms with Gasteiger partial charge in [0.15, 0.2) is 0 Å². The van der Waals surface area contributed by atoms with Gasteiger partial charge in [-0.2, -0.15) is 0 Å². The van der Waals surface area contributed by atoms with E-state index in [-0.39, 0.29) is 63.1 Å². The molecular formula is C28H52N2O6. The smallest absolute Gasteiger partial charge is 0.306 e. The third-order valence-corrected chi connectivity index (χ3v) is 6.84. The number of hydrogen-bond acceptors (Lipinski definition) is 7. The van der Waals surface area contributed by atoms with Crippen LogP contribution in [-0.4, -0.2) is 85.3 Å². The van der Waals surface area contributed by atoms with Crippen molar-refractivity contribution < 1.29 is 29.0 Å². The lowest BCUT2D eigenvalue weighted by atomic mass is 10.1. The molecule has 0 radical (unpaired) electrons. The number of carbonyl (C=O) groups is 3. The zero-order valence-electron chi connectivity index (χ0n) is 23.0. The highest BCUT2D eigenvalue weighted by Gasteiger charge is 2.21. The van der Waals surface area contributed by atoms with E-state index in [2.05, 4.69) is 11.8 Å². The van der Waals surface area contributed by atoms with Crippen molar-refractivity contribution in [2.24, 2.45) is 0 Å². The van der Waals surface area contributed by atoms with Crippen LogP contribution >= 0.6 is 0 Å². The zero-order valence-corrected chi connectivity index (χ0v) is 23.0. The van der Waals surface area contributed by atoms with Crippen LogP contribution in [0.25, 0.3) is 0 Å². The predicted molar refractivity (Wildman–Crippen MR) is 142 cm³/mol. The molecule has 0 bridgehead atoms. The van der Waals surface area contributed by atoms with Crippen LogP contribution in [0.3, 0.4) is 0 Å². The third-order valence-electron chi connectivity index (χ3n) is 6.84. The monoisotopic (exact) mass is 512 g/mol. The average Bonchev–Trinajstić information content (AvgIpc) is 2.86. The van der Waals surface area contributed by atoms with E-state index in [9.17, 15) is 19.5 Å². The second kappa shape index (κ2) is 21.4. The lowest BCUT2D eigenvalue weighted by molar-refractivity contribution is -0.153. The van der Waals surface area contributed by atoms with Gasteiger partial charge in [0.1, 0.15) is 12.7 Å². The number of aliphatic hydroxyl groups is 1. The fourth-order valence-electron chi connectivity index (χ4n) is 4.47. The minimum Gasteiger partial charge on any atom is -0.464 e. The minimum atomic E-state index is -0.361. The Morgan fingerprint density at radius 2 is 1.39 bits per heavy atom. The Morgan fingerprint density at radius 3 is 1.97 bits per heavy atom. The molecule has 210 valence electrons. The van der Waals surface area contributed by atoms with Gasteiger partial charge in [-0.15, -0.1) is 0 Å². The molecule has 0 aromatic rings. The lowest BCUT2D eigenvalue weighted by Gasteiger charge is -2.28. The number of ether oxygens (including phenoxy) is 2. The maximum absolute atomic E-state index is 12.5. The number of carbonyl (C=O) groups excluding carboxylic acids is 3. The van der Waals surface area contributed by atoms with Crippen LogP contribution in [0.1, 0.15) is 110 Å². The fourth-order valence-corrected chi connectivity index (χ4v) is 4.47. The van der Waals surface area contributed by atoms with Crippen molar-refractivity contribution in [1.29, 1.82) is 0 Å². The maximum atomic E-state index is 12.5. The van der Waals surface area contributed by atoms with Crippen LogP contribution in [0, 0.1) is 0 Å². The third kappa shape index (κ3) is 16.9. The molecule has 0 atom stereocenters. The first-order valence-electron chi connectivity index (χ1n) is 14.4. The molecule has 0 spiro atoms. The molecule has 0 aliphatic carbocycles. The van der Waals surface area contributed by atoms with Crippen molar-refractivity contribution in [2.75, 3.05) is 46.4 Å². The average molecular weight is 513 g/mol. The van der Waals surface area contributed by atoms with Crippen LogP contribution < -0.4 is 0 Å². The van der Waals surface area contributed by atoms with E-state index in [0.29, 0.717) is 6.42 Å². The molecule has 36 heavy (non-hydrogen) atoms. The summed E-state index contributed by atoms with van der Waals surface area (Å²) in [6.45, 7) is 4.33. The van der Waals surface area contributed by atoms with E-state index < -0.39 is 0 Å². The summed E-state index contributed by atoms with van der Waals surface area (Å²) in [6, 6.07) is 0. The summed E-state index contributed by atoms with van der Waals surface area (Å²) in [5.41, 5.74) is 0. The highest BCUT2D eigenvalue weighted by atomic mass is 16.5. The topological polar surface area (TPSA) is 96.4 Å². The Labute approximate surface area is 219 Å². The van der Waals surface area contributed by atoms with Crippen molar-refractivity contribution in [1.82, 2.24) is 9.80 Å². The van der Waals surface area contributed by atoms with Gasteiger partial charge >= 0.3 is 11.9 Å². The molecule has 0 aromatic heterocycles. The van der Waals surface area contributed by atoms with Gasteiger partial charge in [0.05, 0.1) is 19.6 Å². The standard InChI is InChI=1S/C28H52N2O6/c1-3-4-5-6-7-8-9-10-11-12-13-14-27(33)35-24-22-30(21-23-31)26(32)15-16-28(34)36-25-17-19-29(2)20-18-25/h25,31H,3-24H2,1-2H3. The highest BCUT2D eigenvalue weighted by molar-refractivity contribution is 5.81. The van der Waals surface area contributed by atoms with Gasteiger partial charge in [0.25, 0.3) is 0 Å². The highest BCUT2D eigenvalue weighted by Crippen LogP contribution is 2.14. The molecule has 1 rings (SSSR count). The predicted octanol–water partition coefficient (Wildman–Crippen LogP) is 4.47.